The van der Waals surface area contributed by atoms with Crippen molar-refractivity contribution >= 4 is 73.9 Å². The van der Waals surface area contributed by atoms with E-state index in [-0.39, 0.29) is 28.2 Å². The van der Waals surface area contributed by atoms with E-state index in [0.717, 1.165) is 10.6 Å². The van der Waals surface area contributed by atoms with E-state index in [1.165, 1.54) is 23.1 Å². The number of nitrogens with one attached hydrogen (secondary N) is 1. The Kier molecular flexibility index (Phi) is 10.5. The van der Waals surface area contributed by atoms with Crippen LogP contribution < -0.4 is 9.62 Å². The Bertz CT molecular complexity index is 1170. The molecule has 0 saturated carbocycles. The van der Waals surface area contributed by atoms with Gasteiger partial charge in [0.05, 0.1) is 22.0 Å². The Morgan fingerprint density at radius 3 is 2.06 bits per heavy atom. The van der Waals surface area contributed by atoms with Gasteiger partial charge in [-0.05, 0) is 43.2 Å². The molecule has 1 N–H and O–H groups in total. The minimum atomic E-state index is -3.90. The molecule has 1 unspecified atom stereocenters. The molecule has 0 heterocycles. The highest BCUT2D eigenvalue weighted by Crippen LogP contribution is 2.30. The predicted octanol–water partition coefficient (Wildman–Crippen LogP) is 5.26. The molecule has 0 saturated heterocycles. The van der Waals surface area contributed by atoms with Gasteiger partial charge in [0, 0.05) is 28.7 Å². The Labute approximate surface area is 226 Å². The predicted molar refractivity (Wildman–Crippen MR) is 143 cm³/mol. The van der Waals surface area contributed by atoms with Crippen molar-refractivity contribution in [3.8, 4) is 0 Å². The number of halogens is 4. The smallest absolute Gasteiger partial charge is 0.244 e. The lowest BCUT2D eigenvalue weighted by atomic mass is 10.1. The number of carbonyl (C=O) groups excluding carboxylic acids is 2. The lowest BCUT2D eigenvalue weighted by molar-refractivity contribution is -0.139. The molecule has 0 aliphatic rings. The molecular weight excluding hydrogens is 556 g/mol. The largest absolute Gasteiger partial charge is 0.354 e. The molecule has 12 heteroatoms. The number of hydrogen-bond donors (Lipinski definition) is 1. The van der Waals surface area contributed by atoms with Crippen LogP contribution in [0.5, 0.6) is 0 Å². The van der Waals surface area contributed by atoms with Gasteiger partial charge in [-0.3, -0.25) is 13.9 Å². The maximum atomic E-state index is 13.5. The first-order chi connectivity index (χ1) is 16.2. The molecule has 2 aromatic carbocycles. The fourth-order valence-electron chi connectivity index (χ4n) is 3.14. The molecule has 0 radical (unpaired) electrons. The summed E-state index contributed by atoms with van der Waals surface area (Å²) in [4.78, 5) is 27.6. The maximum Gasteiger partial charge on any atom is 0.244 e. The van der Waals surface area contributed by atoms with Crippen LogP contribution in [0, 0.1) is 5.92 Å². The van der Waals surface area contributed by atoms with Gasteiger partial charge in [-0.25, -0.2) is 8.42 Å². The SMILES string of the molecule is CC(C)CNC(=O)C(C)N(Cc1c(Cl)cccc1Cl)C(=O)CN(c1ccc(Cl)c(Cl)c1)S(C)(=O)=O. The standard InChI is InChI=1S/C23H27Cl4N3O4S/c1-14(2)11-28-23(32)15(3)29(12-17-18(24)6-5-7-19(17)25)22(31)13-30(35(4,33)34)16-8-9-20(26)21(27)10-16/h5-10,14-15H,11-13H2,1-4H3,(H,28,32). The quantitative estimate of drug-likeness (QED) is 0.414. The van der Waals surface area contributed by atoms with E-state index in [1.807, 2.05) is 13.8 Å². The van der Waals surface area contributed by atoms with Crippen LogP contribution in [0.4, 0.5) is 5.69 Å². The molecule has 0 fully saturated rings. The monoisotopic (exact) mass is 581 g/mol. The molecule has 0 aliphatic carbocycles. The van der Waals surface area contributed by atoms with Crippen molar-refractivity contribution < 1.29 is 18.0 Å². The van der Waals surface area contributed by atoms with E-state index in [1.54, 1.807) is 25.1 Å². The molecule has 1 atom stereocenters. The Balaban J connectivity index is 2.45. The van der Waals surface area contributed by atoms with Crippen LogP contribution in [-0.2, 0) is 26.2 Å². The molecule has 7 nitrogen and oxygen atoms in total. The van der Waals surface area contributed by atoms with Crippen LogP contribution in [0.3, 0.4) is 0 Å². The Hall–Kier alpha value is -1.71. The van der Waals surface area contributed by atoms with Crippen molar-refractivity contribution in [2.45, 2.75) is 33.4 Å². The third-order valence-corrected chi connectivity index (χ3v) is 7.70. The van der Waals surface area contributed by atoms with E-state index in [9.17, 15) is 18.0 Å². The lowest BCUT2D eigenvalue weighted by Gasteiger charge is -2.32. The molecule has 0 spiro atoms. The average molecular weight is 583 g/mol. The molecule has 0 aromatic heterocycles. The summed E-state index contributed by atoms with van der Waals surface area (Å²) < 4.78 is 26.1. The van der Waals surface area contributed by atoms with Crippen molar-refractivity contribution in [1.82, 2.24) is 10.2 Å². The average Bonchev–Trinajstić information content (AvgIpc) is 2.76. The maximum absolute atomic E-state index is 13.5. The highest BCUT2D eigenvalue weighted by molar-refractivity contribution is 7.92. The van der Waals surface area contributed by atoms with E-state index in [0.29, 0.717) is 22.2 Å². The highest BCUT2D eigenvalue weighted by Gasteiger charge is 2.31. The van der Waals surface area contributed by atoms with Crippen molar-refractivity contribution in [2.75, 3.05) is 23.7 Å². The van der Waals surface area contributed by atoms with Crippen molar-refractivity contribution in [1.29, 1.82) is 0 Å². The Morgan fingerprint density at radius 1 is 0.943 bits per heavy atom. The molecule has 0 aliphatic heterocycles. The van der Waals surface area contributed by atoms with Crippen LogP contribution in [0.15, 0.2) is 36.4 Å². The van der Waals surface area contributed by atoms with Gasteiger partial charge in [-0.2, -0.15) is 0 Å². The van der Waals surface area contributed by atoms with Crippen molar-refractivity contribution in [2.24, 2.45) is 5.92 Å². The van der Waals surface area contributed by atoms with Gasteiger partial charge >= 0.3 is 0 Å². The summed E-state index contributed by atoms with van der Waals surface area (Å²) in [6.45, 7) is 5.17. The van der Waals surface area contributed by atoms with Gasteiger partial charge in [-0.15, -0.1) is 0 Å². The molecule has 2 aromatic rings. The van der Waals surface area contributed by atoms with Crippen LogP contribution >= 0.6 is 46.4 Å². The lowest BCUT2D eigenvalue weighted by Crippen LogP contribution is -2.51. The summed E-state index contributed by atoms with van der Waals surface area (Å²) in [7, 11) is -3.90. The number of rotatable bonds is 10. The number of carbonyl (C=O) groups is 2. The molecule has 0 bridgehead atoms. The molecule has 192 valence electrons. The summed E-state index contributed by atoms with van der Waals surface area (Å²) in [5.74, 6) is -0.830. The van der Waals surface area contributed by atoms with E-state index in [2.05, 4.69) is 5.32 Å². The summed E-state index contributed by atoms with van der Waals surface area (Å²) in [5.41, 5.74) is 0.594. The van der Waals surface area contributed by atoms with Gasteiger partial charge in [0.2, 0.25) is 21.8 Å². The van der Waals surface area contributed by atoms with Crippen molar-refractivity contribution in [3.63, 3.8) is 0 Å². The van der Waals surface area contributed by atoms with Crippen molar-refractivity contribution in [3.05, 3.63) is 62.1 Å². The highest BCUT2D eigenvalue weighted by atomic mass is 35.5. The van der Waals surface area contributed by atoms with Gasteiger partial charge in [0.15, 0.2) is 0 Å². The zero-order valence-corrected chi connectivity index (χ0v) is 23.5. The van der Waals surface area contributed by atoms with E-state index >= 15 is 0 Å². The van der Waals surface area contributed by atoms with Gasteiger partial charge in [0.25, 0.3) is 0 Å². The molecule has 35 heavy (non-hydrogen) atoms. The summed E-state index contributed by atoms with van der Waals surface area (Å²) in [6, 6.07) is 8.19. The second kappa shape index (κ2) is 12.5. The van der Waals surface area contributed by atoms with Gasteiger partial charge in [0.1, 0.15) is 12.6 Å². The van der Waals surface area contributed by atoms with Crippen LogP contribution in [0.1, 0.15) is 26.3 Å². The summed E-state index contributed by atoms with van der Waals surface area (Å²) in [5, 5.41) is 3.79. The number of hydrogen-bond acceptors (Lipinski definition) is 4. The molecule has 2 rings (SSSR count). The number of nitrogens with zero attached hydrogens (tertiary/aromatic N) is 2. The second-order valence-electron chi connectivity index (χ2n) is 8.40. The number of sulfonamides is 1. The minimum absolute atomic E-state index is 0.105. The van der Waals surface area contributed by atoms with Crippen LogP contribution in [0.25, 0.3) is 0 Å². The third-order valence-electron chi connectivity index (χ3n) is 5.11. The molecule has 2 amide bonds. The first-order valence-electron chi connectivity index (χ1n) is 10.6. The van der Waals surface area contributed by atoms with Gasteiger partial charge in [-0.1, -0.05) is 66.3 Å². The van der Waals surface area contributed by atoms with Crippen LogP contribution in [0.2, 0.25) is 20.1 Å². The number of anilines is 1. The van der Waals surface area contributed by atoms with Crippen LogP contribution in [-0.4, -0.2) is 50.5 Å². The minimum Gasteiger partial charge on any atom is -0.354 e. The zero-order valence-electron chi connectivity index (χ0n) is 19.7. The third kappa shape index (κ3) is 8.15. The normalized spacial score (nSPS) is 12.4. The van der Waals surface area contributed by atoms with E-state index in [4.69, 9.17) is 46.4 Å². The number of amides is 2. The first kappa shape index (κ1) is 29.5. The fraction of sp³-hybridized carbons (Fsp3) is 0.391. The van der Waals surface area contributed by atoms with Gasteiger partial charge < -0.3 is 10.2 Å². The second-order valence-corrected chi connectivity index (χ2v) is 11.9. The fourth-order valence-corrected chi connectivity index (χ4v) is 4.79. The topological polar surface area (TPSA) is 86.8 Å². The first-order valence-corrected chi connectivity index (χ1v) is 14.0. The number of benzene rings is 2. The van der Waals surface area contributed by atoms with E-state index < -0.39 is 34.4 Å². The summed E-state index contributed by atoms with van der Waals surface area (Å²) in [6.07, 6.45) is 0.969. The summed E-state index contributed by atoms with van der Waals surface area (Å²) >= 11 is 24.7. The Morgan fingerprint density at radius 2 is 1.54 bits per heavy atom. The zero-order chi connectivity index (χ0) is 26.5. The molecular formula is C23H27Cl4N3O4S.